The molecule has 25 heavy (non-hydrogen) atoms. The molecular formula is C18H19BrNO5-. The van der Waals surface area contributed by atoms with Crippen LogP contribution in [0.2, 0.25) is 0 Å². The molecule has 1 heterocycles. The summed E-state index contributed by atoms with van der Waals surface area (Å²) in [6, 6.07) is 6.59. The predicted octanol–water partition coefficient (Wildman–Crippen LogP) is 2.04. The van der Waals surface area contributed by atoms with E-state index in [2.05, 4.69) is 15.9 Å². The lowest BCUT2D eigenvalue weighted by Gasteiger charge is -2.26. The molecule has 1 aromatic carbocycles. The number of carbonyl (C=O) groups excluding carboxylic acids is 3. The molecule has 6 nitrogen and oxygen atoms in total. The molecule has 0 radical (unpaired) electrons. The summed E-state index contributed by atoms with van der Waals surface area (Å²) in [5.41, 5.74) is 0.836. The van der Waals surface area contributed by atoms with Gasteiger partial charge in [-0.3, -0.25) is 9.59 Å². The van der Waals surface area contributed by atoms with Crippen LogP contribution in [0.1, 0.15) is 44.2 Å². The van der Waals surface area contributed by atoms with Crippen LogP contribution in [0.5, 0.6) is 0 Å². The Kier molecular flexibility index (Phi) is 6.36. The molecule has 2 rings (SSSR count). The van der Waals surface area contributed by atoms with Gasteiger partial charge in [0.25, 0.3) is 5.91 Å². The van der Waals surface area contributed by atoms with Gasteiger partial charge in [-0.1, -0.05) is 34.5 Å². The average Bonchev–Trinajstić information content (AvgIpc) is 2.80. The number of aliphatic hydroxyl groups excluding tert-OH is 1. The first-order chi connectivity index (χ1) is 11.8. The number of aliphatic hydroxyl groups is 1. The number of nitrogens with zero attached hydrogens (tertiary/aromatic N) is 1. The number of hydrogen-bond donors (Lipinski definition) is 1. The van der Waals surface area contributed by atoms with Crippen LogP contribution < -0.4 is 5.11 Å². The zero-order chi connectivity index (χ0) is 18.6. The molecule has 1 aromatic rings. The molecule has 0 unspecified atom stereocenters. The number of benzene rings is 1. The van der Waals surface area contributed by atoms with Crippen molar-refractivity contribution in [2.24, 2.45) is 0 Å². The van der Waals surface area contributed by atoms with Crippen LogP contribution in [0, 0.1) is 0 Å². The normalized spacial score (nSPS) is 17.3. The Labute approximate surface area is 154 Å². The van der Waals surface area contributed by atoms with Crippen LogP contribution >= 0.6 is 15.9 Å². The minimum Gasteiger partial charge on any atom is -0.550 e. The molecule has 0 spiro atoms. The Bertz CT molecular complexity index is 711. The lowest BCUT2D eigenvalue weighted by Crippen LogP contribution is -2.32. The van der Waals surface area contributed by atoms with Crippen molar-refractivity contribution in [2.45, 2.75) is 38.6 Å². The molecule has 0 fully saturated rings. The zero-order valence-corrected chi connectivity index (χ0v) is 15.4. The Morgan fingerprint density at radius 2 is 1.84 bits per heavy atom. The minimum absolute atomic E-state index is 0.0215. The number of Topliss-reactive ketones (excluding diaryl/α,β-unsaturated/α-hetero) is 1. The molecule has 1 N–H and O–H groups in total. The van der Waals surface area contributed by atoms with E-state index in [-0.39, 0.29) is 17.8 Å². The van der Waals surface area contributed by atoms with Crippen LogP contribution in [0.3, 0.4) is 0 Å². The van der Waals surface area contributed by atoms with Crippen LogP contribution in [0.4, 0.5) is 0 Å². The van der Waals surface area contributed by atoms with Crippen molar-refractivity contribution in [1.82, 2.24) is 4.90 Å². The highest BCUT2D eigenvalue weighted by molar-refractivity contribution is 9.10. The average molecular weight is 409 g/mol. The lowest BCUT2D eigenvalue weighted by molar-refractivity contribution is -0.305. The molecule has 0 saturated heterocycles. The maximum Gasteiger partial charge on any atom is 0.290 e. The van der Waals surface area contributed by atoms with Gasteiger partial charge in [-0.15, -0.1) is 0 Å². The predicted molar refractivity (Wildman–Crippen MR) is 92.4 cm³/mol. The Balaban J connectivity index is 2.19. The fourth-order valence-electron chi connectivity index (χ4n) is 2.96. The highest BCUT2D eigenvalue weighted by Gasteiger charge is 2.41. The number of carboxylic acid groups (broad SMARTS) is 1. The number of aliphatic carboxylic acids is 1. The second-order valence-electron chi connectivity index (χ2n) is 5.95. The van der Waals surface area contributed by atoms with Gasteiger partial charge < -0.3 is 19.9 Å². The molecular weight excluding hydrogens is 390 g/mol. The fraction of sp³-hybridized carbons (Fsp3) is 0.389. The molecule has 1 amide bonds. The standard InChI is InChI=1S/C18H20BrNO5/c1-11(21)15-16(12-6-8-13(19)9-7-12)20(18(25)17(15)24)10-4-2-3-5-14(22)23/h6-9,16,24H,2-5,10H2,1H3,(H,22,23)/p-1/t16-/m0/s1. The number of carboxylic acids is 1. The Morgan fingerprint density at radius 3 is 2.40 bits per heavy atom. The van der Waals surface area contributed by atoms with Gasteiger partial charge in [0.1, 0.15) is 0 Å². The second kappa shape index (κ2) is 8.29. The van der Waals surface area contributed by atoms with E-state index in [4.69, 9.17) is 0 Å². The summed E-state index contributed by atoms with van der Waals surface area (Å²) in [6.45, 7) is 1.65. The summed E-state index contributed by atoms with van der Waals surface area (Å²) < 4.78 is 0.868. The van der Waals surface area contributed by atoms with Crippen LogP contribution in [-0.2, 0) is 14.4 Å². The number of rotatable bonds is 8. The molecule has 134 valence electrons. The number of halogens is 1. The van der Waals surface area contributed by atoms with Gasteiger partial charge >= 0.3 is 0 Å². The van der Waals surface area contributed by atoms with Crippen LogP contribution in [-0.4, -0.2) is 34.2 Å². The van der Waals surface area contributed by atoms with E-state index >= 15 is 0 Å². The van der Waals surface area contributed by atoms with Crippen molar-refractivity contribution >= 4 is 33.6 Å². The zero-order valence-electron chi connectivity index (χ0n) is 13.8. The first-order valence-electron chi connectivity index (χ1n) is 8.03. The molecule has 1 aliphatic heterocycles. The third-order valence-electron chi connectivity index (χ3n) is 4.15. The smallest absolute Gasteiger partial charge is 0.290 e. The third-order valence-corrected chi connectivity index (χ3v) is 4.68. The van der Waals surface area contributed by atoms with Crippen LogP contribution in [0.25, 0.3) is 0 Å². The van der Waals surface area contributed by atoms with Crippen molar-refractivity contribution in [3.63, 3.8) is 0 Å². The number of unbranched alkanes of at least 4 members (excludes halogenated alkanes) is 2. The van der Waals surface area contributed by atoms with Crippen molar-refractivity contribution in [1.29, 1.82) is 0 Å². The Morgan fingerprint density at radius 1 is 1.20 bits per heavy atom. The third kappa shape index (κ3) is 4.48. The fourth-order valence-corrected chi connectivity index (χ4v) is 3.23. The summed E-state index contributed by atoms with van der Waals surface area (Å²) >= 11 is 3.35. The summed E-state index contributed by atoms with van der Waals surface area (Å²) in [4.78, 5) is 36.3. The SMILES string of the molecule is CC(=O)C1=C(O)C(=O)N(CCCCCC(=O)[O-])[C@H]1c1ccc(Br)cc1. The molecule has 0 aliphatic carbocycles. The number of carbonyl (C=O) groups is 3. The quantitative estimate of drug-likeness (QED) is 0.663. The maximum absolute atomic E-state index is 12.4. The van der Waals surface area contributed by atoms with Gasteiger partial charge in [0.2, 0.25) is 0 Å². The van der Waals surface area contributed by atoms with E-state index in [1.165, 1.54) is 11.8 Å². The number of ketones is 1. The summed E-state index contributed by atoms with van der Waals surface area (Å²) in [5, 5.41) is 20.6. The molecule has 0 bridgehead atoms. The van der Waals surface area contributed by atoms with E-state index in [9.17, 15) is 24.6 Å². The molecule has 0 saturated carbocycles. The van der Waals surface area contributed by atoms with Crippen molar-refractivity contribution in [3.8, 4) is 0 Å². The number of hydrogen-bond acceptors (Lipinski definition) is 5. The molecule has 7 heteroatoms. The minimum atomic E-state index is -1.09. The van der Waals surface area contributed by atoms with Gasteiger partial charge in [-0.2, -0.15) is 0 Å². The Hall–Kier alpha value is -2.15. The number of amides is 1. The summed E-state index contributed by atoms with van der Waals surface area (Å²) in [7, 11) is 0. The highest BCUT2D eigenvalue weighted by Crippen LogP contribution is 2.38. The van der Waals surface area contributed by atoms with Crippen LogP contribution in [0.15, 0.2) is 40.1 Å². The molecule has 1 atom stereocenters. The van der Waals surface area contributed by atoms with E-state index in [1.807, 2.05) is 12.1 Å². The largest absolute Gasteiger partial charge is 0.550 e. The van der Waals surface area contributed by atoms with E-state index in [0.29, 0.717) is 25.8 Å². The van der Waals surface area contributed by atoms with Crippen molar-refractivity contribution < 1.29 is 24.6 Å². The monoisotopic (exact) mass is 408 g/mol. The van der Waals surface area contributed by atoms with Gasteiger partial charge in [0, 0.05) is 17.0 Å². The first kappa shape index (κ1) is 19.2. The highest BCUT2D eigenvalue weighted by atomic mass is 79.9. The van der Waals surface area contributed by atoms with Gasteiger partial charge in [-0.05, 0) is 43.9 Å². The second-order valence-corrected chi connectivity index (χ2v) is 6.87. The summed E-state index contributed by atoms with van der Waals surface area (Å²) in [5.74, 6) is -2.52. The van der Waals surface area contributed by atoms with Crippen molar-refractivity contribution in [3.05, 3.63) is 45.6 Å². The summed E-state index contributed by atoms with van der Waals surface area (Å²) in [6.07, 6.45) is 1.63. The van der Waals surface area contributed by atoms with Crippen molar-refractivity contribution in [2.75, 3.05) is 6.54 Å². The van der Waals surface area contributed by atoms with E-state index < -0.39 is 23.7 Å². The van der Waals surface area contributed by atoms with Gasteiger partial charge in [-0.25, -0.2) is 0 Å². The van der Waals surface area contributed by atoms with E-state index in [0.717, 1.165) is 10.0 Å². The molecule has 0 aromatic heterocycles. The van der Waals surface area contributed by atoms with Gasteiger partial charge in [0.15, 0.2) is 11.5 Å². The molecule has 1 aliphatic rings. The first-order valence-corrected chi connectivity index (χ1v) is 8.82. The van der Waals surface area contributed by atoms with Gasteiger partial charge in [0.05, 0.1) is 11.6 Å². The lowest BCUT2D eigenvalue weighted by atomic mass is 9.96. The topological polar surface area (TPSA) is 97.7 Å². The van der Waals surface area contributed by atoms with E-state index in [1.54, 1.807) is 12.1 Å². The maximum atomic E-state index is 12.4.